The molecule has 0 bridgehead atoms. The van der Waals surface area contributed by atoms with Gasteiger partial charge >= 0.3 is 0 Å². The second-order valence-corrected chi connectivity index (χ2v) is 10.0. The molecule has 1 aliphatic carbocycles. The first-order chi connectivity index (χ1) is 18.1. The van der Waals surface area contributed by atoms with Gasteiger partial charge in [0.05, 0.1) is 0 Å². The van der Waals surface area contributed by atoms with Crippen molar-refractivity contribution < 1.29 is 14.0 Å². The molecule has 10 heteroatoms. The van der Waals surface area contributed by atoms with Gasteiger partial charge in [0.2, 0.25) is 17.6 Å². The zero-order valence-electron chi connectivity index (χ0n) is 20.2. The normalized spacial score (nSPS) is 14.4. The number of hydrogen-bond donors (Lipinski definition) is 1. The standard InChI is InChI=1S/C27H27FN6O2S/c28-21-14-12-20(13-15-21)26-30-32-34(31-26)18-24(35)33(17-19-7-2-1-3-8-19)25(23-11-6-16-37-23)27(36)29-22-9-4-5-10-22/h1-3,6-8,11-16,22,25H,4-5,9-10,17-18H2,(H,29,36). The van der Waals surface area contributed by atoms with Crippen molar-refractivity contribution in [2.75, 3.05) is 0 Å². The monoisotopic (exact) mass is 518 g/mol. The number of hydrogen-bond acceptors (Lipinski definition) is 6. The number of carbonyl (C=O) groups is 2. The van der Waals surface area contributed by atoms with Gasteiger partial charge in [-0.3, -0.25) is 9.59 Å². The van der Waals surface area contributed by atoms with Gasteiger partial charge in [0.1, 0.15) is 18.4 Å². The molecule has 4 aromatic rings. The Labute approximate surface area is 218 Å². The SMILES string of the molecule is O=C(NC1CCCC1)C(c1cccs1)N(Cc1ccccc1)C(=O)Cn1nnc(-c2ccc(F)cc2)n1. The van der Waals surface area contributed by atoms with Crippen molar-refractivity contribution in [3.63, 3.8) is 0 Å². The molecule has 2 aromatic carbocycles. The number of aromatic nitrogens is 4. The molecule has 1 aliphatic rings. The lowest BCUT2D eigenvalue weighted by atomic mass is 10.1. The topological polar surface area (TPSA) is 93.0 Å². The highest BCUT2D eigenvalue weighted by Gasteiger charge is 2.34. The maximum atomic E-state index is 13.8. The predicted octanol–water partition coefficient (Wildman–Crippen LogP) is 4.37. The van der Waals surface area contributed by atoms with E-state index in [1.54, 1.807) is 17.0 Å². The Morgan fingerprint density at radius 3 is 2.51 bits per heavy atom. The number of carbonyl (C=O) groups excluding carboxylic acids is 2. The first-order valence-electron chi connectivity index (χ1n) is 12.3. The van der Waals surface area contributed by atoms with Crippen molar-refractivity contribution >= 4 is 23.2 Å². The summed E-state index contributed by atoms with van der Waals surface area (Å²) in [6, 6.07) is 18.4. The van der Waals surface area contributed by atoms with Crippen LogP contribution in [0.15, 0.2) is 72.1 Å². The van der Waals surface area contributed by atoms with E-state index in [4.69, 9.17) is 0 Å². The van der Waals surface area contributed by atoms with E-state index in [1.807, 2.05) is 47.8 Å². The summed E-state index contributed by atoms with van der Waals surface area (Å²) in [5.41, 5.74) is 1.50. The summed E-state index contributed by atoms with van der Waals surface area (Å²) in [7, 11) is 0. The van der Waals surface area contributed by atoms with Gasteiger partial charge in [0, 0.05) is 23.0 Å². The van der Waals surface area contributed by atoms with Crippen LogP contribution in [-0.4, -0.2) is 43.0 Å². The van der Waals surface area contributed by atoms with Gasteiger partial charge in [-0.15, -0.1) is 21.5 Å². The predicted molar refractivity (Wildman–Crippen MR) is 138 cm³/mol. The summed E-state index contributed by atoms with van der Waals surface area (Å²) < 4.78 is 13.3. The fourth-order valence-corrected chi connectivity index (χ4v) is 5.40. The van der Waals surface area contributed by atoms with Crippen LogP contribution in [0.5, 0.6) is 0 Å². The van der Waals surface area contributed by atoms with Crippen LogP contribution in [0.1, 0.15) is 42.2 Å². The second-order valence-electron chi connectivity index (χ2n) is 9.07. The minimum atomic E-state index is -0.784. The van der Waals surface area contributed by atoms with Crippen molar-refractivity contribution in [3.05, 3.63) is 88.4 Å². The zero-order chi connectivity index (χ0) is 25.6. The van der Waals surface area contributed by atoms with Crippen LogP contribution in [0.25, 0.3) is 11.4 Å². The van der Waals surface area contributed by atoms with Crippen molar-refractivity contribution in [3.8, 4) is 11.4 Å². The maximum absolute atomic E-state index is 13.8. The summed E-state index contributed by atoms with van der Waals surface area (Å²) in [5.74, 6) is -0.571. The van der Waals surface area contributed by atoms with Crippen molar-refractivity contribution in [2.24, 2.45) is 0 Å². The molecule has 2 heterocycles. The van der Waals surface area contributed by atoms with E-state index in [0.717, 1.165) is 36.1 Å². The Bertz CT molecular complexity index is 1320. The summed E-state index contributed by atoms with van der Waals surface area (Å²) in [4.78, 5) is 31.0. The number of nitrogens with one attached hydrogen (secondary N) is 1. The van der Waals surface area contributed by atoms with Gasteiger partial charge in [-0.2, -0.15) is 4.80 Å². The third kappa shape index (κ3) is 6.08. The Morgan fingerprint density at radius 2 is 1.81 bits per heavy atom. The van der Waals surface area contributed by atoms with Gasteiger partial charge in [-0.05, 0) is 59.3 Å². The summed E-state index contributed by atoms with van der Waals surface area (Å²) >= 11 is 1.45. The molecule has 0 radical (unpaired) electrons. The molecule has 1 saturated carbocycles. The van der Waals surface area contributed by atoms with Gasteiger partial charge in [0.25, 0.3) is 0 Å². The third-order valence-electron chi connectivity index (χ3n) is 6.42. The Balaban J connectivity index is 1.42. The van der Waals surface area contributed by atoms with Crippen LogP contribution in [0, 0.1) is 5.82 Å². The smallest absolute Gasteiger partial charge is 0.248 e. The van der Waals surface area contributed by atoms with Crippen LogP contribution in [0.4, 0.5) is 4.39 Å². The number of rotatable bonds is 9. The average Bonchev–Trinajstić information content (AvgIpc) is 3.69. The molecule has 0 aliphatic heterocycles. The van der Waals surface area contributed by atoms with E-state index in [1.165, 1.54) is 28.3 Å². The number of nitrogens with zero attached hydrogens (tertiary/aromatic N) is 5. The second kappa shape index (κ2) is 11.4. The fourth-order valence-electron chi connectivity index (χ4n) is 4.56. The lowest BCUT2D eigenvalue weighted by Gasteiger charge is -2.31. The van der Waals surface area contributed by atoms with Gasteiger partial charge in [-0.1, -0.05) is 49.2 Å². The molecule has 0 spiro atoms. The van der Waals surface area contributed by atoms with Gasteiger partial charge < -0.3 is 10.2 Å². The Hall–Kier alpha value is -3.92. The maximum Gasteiger partial charge on any atom is 0.248 e. The third-order valence-corrected chi connectivity index (χ3v) is 7.35. The largest absolute Gasteiger partial charge is 0.351 e. The van der Waals surface area contributed by atoms with Crippen LogP contribution in [-0.2, 0) is 22.7 Å². The number of benzene rings is 2. The summed E-state index contributed by atoms with van der Waals surface area (Å²) in [6.07, 6.45) is 4.08. The van der Waals surface area contributed by atoms with E-state index >= 15 is 0 Å². The fraction of sp³-hybridized carbons (Fsp3) is 0.296. The molecule has 1 unspecified atom stereocenters. The molecule has 2 amide bonds. The van der Waals surface area contributed by atoms with Gasteiger partial charge in [-0.25, -0.2) is 4.39 Å². The Morgan fingerprint density at radius 1 is 1.05 bits per heavy atom. The van der Waals surface area contributed by atoms with E-state index in [9.17, 15) is 14.0 Å². The first-order valence-corrected chi connectivity index (χ1v) is 13.2. The molecule has 0 saturated heterocycles. The lowest BCUT2D eigenvalue weighted by Crippen LogP contribution is -2.46. The number of halogens is 1. The highest BCUT2D eigenvalue weighted by Crippen LogP contribution is 2.29. The number of thiophene rings is 1. The molecule has 1 N–H and O–H groups in total. The molecule has 1 atom stereocenters. The van der Waals surface area contributed by atoms with Crippen LogP contribution in [0.2, 0.25) is 0 Å². The molecule has 5 rings (SSSR count). The minimum Gasteiger partial charge on any atom is -0.351 e. The van der Waals surface area contributed by atoms with Crippen LogP contribution in [0.3, 0.4) is 0 Å². The first kappa shape index (κ1) is 24.8. The van der Waals surface area contributed by atoms with Crippen molar-refractivity contribution in [2.45, 2.75) is 50.9 Å². The number of amides is 2. The van der Waals surface area contributed by atoms with E-state index < -0.39 is 6.04 Å². The van der Waals surface area contributed by atoms with Gasteiger partial charge in [0.15, 0.2) is 0 Å². The molecule has 1 fully saturated rings. The lowest BCUT2D eigenvalue weighted by molar-refractivity contribution is -0.142. The van der Waals surface area contributed by atoms with E-state index in [2.05, 4.69) is 20.7 Å². The van der Waals surface area contributed by atoms with Crippen molar-refractivity contribution in [1.29, 1.82) is 0 Å². The quantitative estimate of drug-likeness (QED) is 0.355. The highest BCUT2D eigenvalue weighted by atomic mass is 32.1. The molecule has 190 valence electrons. The molecular formula is C27H27FN6O2S. The molecule has 8 nitrogen and oxygen atoms in total. The van der Waals surface area contributed by atoms with E-state index in [-0.39, 0.29) is 42.6 Å². The van der Waals surface area contributed by atoms with Crippen molar-refractivity contribution in [1.82, 2.24) is 30.4 Å². The zero-order valence-corrected chi connectivity index (χ0v) is 21.0. The average molecular weight is 519 g/mol. The highest BCUT2D eigenvalue weighted by molar-refractivity contribution is 7.10. The van der Waals surface area contributed by atoms with Crippen LogP contribution >= 0.6 is 11.3 Å². The summed E-state index contributed by atoms with van der Waals surface area (Å²) in [6.45, 7) is 0.0550. The molecule has 37 heavy (non-hydrogen) atoms. The number of tetrazole rings is 1. The summed E-state index contributed by atoms with van der Waals surface area (Å²) in [5, 5.41) is 17.5. The van der Waals surface area contributed by atoms with E-state index in [0.29, 0.717) is 5.56 Å². The van der Waals surface area contributed by atoms with Crippen LogP contribution < -0.4 is 5.32 Å². The molecule has 2 aromatic heterocycles. The minimum absolute atomic E-state index is 0.124. The Kier molecular flexibility index (Phi) is 7.65. The molecular weight excluding hydrogens is 491 g/mol.